The minimum absolute atomic E-state index is 0.0886. The summed E-state index contributed by atoms with van der Waals surface area (Å²) < 4.78 is 0. The number of hydrogen-bond acceptors (Lipinski definition) is 2. The molecule has 0 aliphatic carbocycles. The average Bonchev–Trinajstić information content (AvgIpc) is 2.53. The number of rotatable bonds is 3. The maximum absolute atomic E-state index is 11.0. The van der Waals surface area contributed by atoms with Crippen LogP contribution in [0.1, 0.15) is 12.8 Å². The normalized spacial score (nSPS) is 8.92. The van der Waals surface area contributed by atoms with Gasteiger partial charge in [0.25, 0.3) is 0 Å². The Bertz CT molecular complexity index is 284. The van der Waals surface area contributed by atoms with Crippen molar-refractivity contribution < 1.29 is 4.79 Å². The SMILES string of the molecule is C#CCCC(=O)Nc1cn[nH]c1. The van der Waals surface area contributed by atoms with Gasteiger partial charge in [0.2, 0.25) is 5.91 Å². The minimum atomic E-state index is -0.0886. The fraction of sp³-hybridized carbons (Fsp3) is 0.250. The molecule has 1 rings (SSSR count). The molecule has 1 aromatic heterocycles. The van der Waals surface area contributed by atoms with Gasteiger partial charge in [0.05, 0.1) is 11.9 Å². The molecule has 0 aliphatic heterocycles. The first-order valence-electron chi connectivity index (χ1n) is 3.55. The van der Waals surface area contributed by atoms with Crippen molar-refractivity contribution in [3.63, 3.8) is 0 Å². The average molecular weight is 163 g/mol. The van der Waals surface area contributed by atoms with E-state index < -0.39 is 0 Å². The molecule has 0 bridgehead atoms. The van der Waals surface area contributed by atoms with E-state index in [0.717, 1.165) is 0 Å². The number of anilines is 1. The molecular weight excluding hydrogens is 154 g/mol. The van der Waals surface area contributed by atoms with Crippen LogP contribution >= 0.6 is 0 Å². The number of amides is 1. The molecule has 4 nitrogen and oxygen atoms in total. The highest BCUT2D eigenvalue weighted by atomic mass is 16.1. The Morgan fingerprint density at radius 1 is 1.83 bits per heavy atom. The summed E-state index contributed by atoms with van der Waals surface area (Å²) >= 11 is 0. The number of aromatic amines is 1. The number of hydrogen-bond donors (Lipinski definition) is 2. The van der Waals surface area contributed by atoms with Crippen LogP contribution in [0.4, 0.5) is 5.69 Å². The van der Waals surface area contributed by atoms with Gasteiger partial charge >= 0.3 is 0 Å². The van der Waals surface area contributed by atoms with Crippen molar-refractivity contribution in [2.24, 2.45) is 0 Å². The predicted octanol–water partition coefficient (Wildman–Crippen LogP) is 0.762. The summed E-state index contributed by atoms with van der Waals surface area (Å²) in [6.45, 7) is 0. The van der Waals surface area contributed by atoms with E-state index in [9.17, 15) is 4.79 Å². The zero-order valence-electron chi connectivity index (χ0n) is 6.50. The third kappa shape index (κ3) is 2.46. The molecule has 0 saturated carbocycles. The summed E-state index contributed by atoms with van der Waals surface area (Å²) in [7, 11) is 0. The topological polar surface area (TPSA) is 57.8 Å². The Hall–Kier alpha value is -1.76. The second-order valence-corrected chi connectivity index (χ2v) is 2.24. The molecule has 0 aliphatic rings. The van der Waals surface area contributed by atoms with E-state index in [2.05, 4.69) is 21.4 Å². The first-order valence-corrected chi connectivity index (χ1v) is 3.55. The number of terminal acetylenes is 1. The first kappa shape index (κ1) is 8.34. The number of carbonyl (C=O) groups excluding carboxylic acids is 1. The van der Waals surface area contributed by atoms with Gasteiger partial charge in [-0.25, -0.2) is 0 Å². The quantitative estimate of drug-likeness (QED) is 0.646. The zero-order chi connectivity index (χ0) is 8.81. The standard InChI is InChI=1S/C8H9N3O/c1-2-3-4-8(12)11-7-5-9-10-6-7/h1,5-6H,3-4H2,(H,9,10)(H,11,12). The lowest BCUT2D eigenvalue weighted by molar-refractivity contribution is -0.116. The summed E-state index contributed by atoms with van der Waals surface area (Å²) in [4.78, 5) is 11.0. The monoisotopic (exact) mass is 163 g/mol. The second kappa shape index (κ2) is 4.19. The highest BCUT2D eigenvalue weighted by Crippen LogP contribution is 2.01. The van der Waals surface area contributed by atoms with Crippen LogP contribution in [0, 0.1) is 12.3 Å². The highest BCUT2D eigenvalue weighted by molar-refractivity contribution is 5.90. The number of nitrogens with one attached hydrogen (secondary N) is 2. The van der Waals surface area contributed by atoms with Gasteiger partial charge in [-0.2, -0.15) is 5.10 Å². The molecule has 1 heterocycles. The van der Waals surface area contributed by atoms with E-state index in [1.165, 1.54) is 6.20 Å². The maximum atomic E-state index is 11.0. The van der Waals surface area contributed by atoms with E-state index in [1.807, 2.05) is 0 Å². The summed E-state index contributed by atoms with van der Waals surface area (Å²) in [5.41, 5.74) is 0.664. The van der Waals surface area contributed by atoms with Crippen LogP contribution in [0.3, 0.4) is 0 Å². The maximum Gasteiger partial charge on any atom is 0.225 e. The highest BCUT2D eigenvalue weighted by Gasteiger charge is 2.00. The van der Waals surface area contributed by atoms with Gasteiger partial charge in [-0.05, 0) is 0 Å². The van der Waals surface area contributed by atoms with Gasteiger partial charge in [0.15, 0.2) is 0 Å². The molecule has 0 aromatic carbocycles. The smallest absolute Gasteiger partial charge is 0.225 e. The lowest BCUT2D eigenvalue weighted by atomic mass is 10.3. The molecule has 1 aromatic rings. The van der Waals surface area contributed by atoms with Crippen LogP contribution in [-0.2, 0) is 4.79 Å². The van der Waals surface area contributed by atoms with Crippen LogP contribution < -0.4 is 5.32 Å². The largest absolute Gasteiger partial charge is 0.323 e. The molecule has 4 heteroatoms. The Morgan fingerprint density at radius 3 is 3.25 bits per heavy atom. The lowest BCUT2D eigenvalue weighted by Crippen LogP contribution is -2.09. The van der Waals surface area contributed by atoms with Gasteiger partial charge in [0, 0.05) is 19.0 Å². The van der Waals surface area contributed by atoms with Crippen molar-refractivity contribution in [3.8, 4) is 12.3 Å². The summed E-state index contributed by atoms with van der Waals surface area (Å²) in [6.07, 6.45) is 8.95. The van der Waals surface area contributed by atoms with E-state index in [1.54, 1.807) is 6.20 Å². The van der Waals surface area contributed by atoms with Gasteiger partial charge in [0.1, 0.15) is 0 Å². The number of aromatic nitrogens is 2. The molecule has 1 amide bonds. The van der Waals surface area contributed by atoms with E-state index >= 15 is 0 Å². The summed E-state index contributed by atoms with van der Waals surface area (Å²) in [5.74, 6) is 2.31. The Morgan fingerprint density at radius 2 is 2.67 bits per heavy atom. The summed E-state index contributed by atoms with van der Waals surface area (Å²) in [6, 6.07) is 0. The lowest BCUT2D eigenvalue weighted by Gasteiger charge is -1.97. The van der Waals surface area contributed by atoms with Gasteiger partial charge in [-0.1, -0.05) is 0 Å². The minimum Gasteiger partial charge on any atom is -0.323 e. The molecule has 0 radical (unpaired) electrons. The number of nitrogens with zero attached hydrogens (tertiary/aromatic N) is 1. The second-order valence-electron chi connectivity index (χ2n) is 2.24. The number of carbonyl (C=O) groups is 1. The van der Waals surface area contributed by atoms with Crippen molar-refractivity contribution in [2.75, 3.05) is 5.32 Å². The van der Waals surface area contributed by atoms with Crippen LogP contribution in [-0.4, -0.2) is 16.1 Å². The van der Waals surface area contributed by atoms with Gasteiger partial charge in [-0.15, -0.1) is 12.3 Å². The van der Waals surface area contributed by atoms with Crippen molar-refractivity contribution >= 4 is 11.6 Å². The van der Waals surface area contributed by atoms with Crippen LogP contribution in [0.15, 0.2) is 12.4 Å². The fourth-order valence-electron chi connectivity index (χ4n) is 0.728. The molecule has 12 heavy (non-hydrogen) atoms. The van der Waals surface area contributed by atoms with Crippen LogP contribution in [0.5, 0.6) is 0 Å². The van der Waals surface area contributed by atoms with Crippen LogP contribution in [0.25, 0.3) is 0 Å². The molecule has 0 unspecified atom stereocenters. The fourth-order valence-corrected chi connectivity index (χ4v) is 0.728. The van der Waals surface area contributed by atoms with Crippen molar-refractivity contribution in [1.29, 1.82) is 0 Å². The van der Waals surface area contributed by atoms with E-state index in [0.29, 0.717) is 18.5 Å². The molecule has 0 spiro atoms. The van der Waals surface area contributed by atoms with Gasteiger partial charge < -0.3 is 5.32 Å². The van der Waals surface area contributed by atoms with Crippen molar-refractivity contribution in [2.45, 2.75) is 12.8 Å². The molecule has 62 valence electrons. The molecule has 0 atom stereocenters. The molecule has 0 saturated heterocycles. The van der Waals surface area contributed by atoms with Crippen molar-refractivity contribution in [3.05, 3.63) is 12.4 Å². The van der Waals surface area contributed by atoms with Crippen LogP contribution in [0.2, 0.25) is 0 Å². The first-order chi connectivity index (χ1) is 5.83. The third-order valence-electron chi connectivity index (χ3n) is 1.28. The summed E-state index contributed by atoms with van der Waals surface area (Å²) in [5, 5.41) is 8.89. The third-order valence-corrected chi connectivity index (χ3v) is 1.28. The van der Waals surface area contributed by atoms with E-state index in [-0.39, 0.29) is 5.91 Å². The number of H-pyrrole nitrogens is 1. The zero-order valence-corrected chi connectivity index (χ0v) is 6.50. The molecule has 2 N–H and O–H groups in total. The Kier molecular flexibility index (Phi) is 2.91. The van der Waals surface area contributed by atoms with E-state index in [4.69, 9.17) is 6.42 Å². The van der Waals surface area contributed by atoms with Crippen molar-refractivity contribution in [1.82, 2.24) is 10.2 Å². The molecule has 0 fully saturated rings. The molecular formula is C8H9N3O. The Balaban J connectivity index is 2.33. The Labute approximate surface area is 70.4 Å². The predicted molar refractivity (Wildman–Crippen MR) is 45.3 cm³/mol. The van der Waals surface area contributed by atoms with Gasteiger partial charge in [-0.3, -0.25) is 9.89 Å².